The topological polar surface area (TPSA) is 163 Å². The molecular formula is C23H32N6O3. The molecule has 9 heteroatoms. The molecule has 2 amide bonds. The summed E-state index contributed by atoms with van der Waals surface area (Å²) in [5.74, 6) is -0.702. The number of nitrogens with zero attached hydrogens (tertiary/aromatic N) is 2. The van der Waals surface area contributed by atoms with Gasteiger partial charge in [-0.3, -0.25) is 19.9 Å². The minimum absolute atomic E-state index is 0.00802. The van der Waals surface area contributed by atoms with Crippen molar-refractivity contribution >= 4 is 29.2 Å². The summed E-state index contributed by atoms with van der Waals surface area (Å²) < 4.78 is 5.20. The number of hydrogen-bond donors (Lipinski definition) is 4. The fourth-order valence-electron chi connectivity index (χ4n) is 3.05. The number of rotatable bonds is 8. The predicted molar refractivity (Wildman–Crippen MR) is 125 cm³/mol. The number of carbonyl (C=O) groups is 2. The zero-order valence-corrected chi connectivity index (χ0v) is 19.2. The Morgan fingerprint density at radius 3 is 2.28 bits per heavy atom. The summed E-state index contributed by atoms with van der Waals surface area (Å²) in [5, 5.41) is 6.69. The number of amides is 2. The highest BCUT2D eigenvalue weighted by atomic mass is 16.5. The molecular weight excluding hydrogens is 408 g/mol. The lowest BCUT2D eigenvalue weighted by molar-refractivity contribution is -0.116. The number of benzene rings is 1. The van der Waals surface area contributed by atoms with E-state index in [0.717, 1.165) is 17.7 Å². The maximum absolute atomic E-state index is 12.4. The Labute approximate surface area is 188 Å². The van der Waals surface area contributed by atoms with Gasteiger partial charge in [0.15, 0.2) is 0 Å². The van der Waals surface area contributed by atoms with Gasteiger partial charge in [-0.2, -0.15) is 0 Å². The van der Waals surface area contributed by atoms with Crippen molar-refractivity contribution < 1.29 is 14.1 Å². The van der Waals surface area contributed by atoms with Crippen LogP contribution >= 0.6 is 0 Å². The van der Waals surface area contributed by atoms with Crippen LogP contribution in [0.25, 0.3) is 5.70 Å². The zero-order valence-electron chi connectivity index (χ0n) is 19.2. The first kappa shape index (κ1) is 24.6. The van der Waals surface area contributed by atoms with E-state index in [0.29, 0.717) is 11.4 Å². The molecule has 1 aromatic carbocycles. The molecule has 0 saturated heterocycles. The summed E-state index contributed by atoms with van der Waals surface area (Å²) in [4.78, 5) is 28.4. The molecule has 2 aromatic rings. The Hall–Kier alpha value is -3.62. The van der Waals surface area contributed by atoms with Crippen LogP contribution in [0.4, 0.5) is 5.88 Å². The molecule has 0 atom stereocenters. The van der Waals surface area contributed by atoms with Crippen LogP contribution in [0.5, 0.6) is 0 Å². The van der Waals surface area contributed by atoms with Crippen LogP contribution in [0.2, 0.25) is 0 Å². The summed E-state index contributed by atoms with van der Waals surface area (Å²) in [5.41, 5.74) is 19.7. The highest BCUT2D eigenvalue weighted by Crippen LogP contribution is 2.22. The van der Waals surface area contributed by atoms with Gasteiger partial charge in [-0.1, -0.05) is 50.2 Å². The first-order valence-corrected chi connectivity index (χ1v) is 10.3. The van der Waals surface area contributed by atoms with Crippen molar-refractivity contribution in [3.8, 4) is 0 Å². The minimum atomic E-state index is -0.759. The van der Waals surface area contributed by atoms with Gasteiger partial charge in [0.2, 0.25) is 11.8 Å². The number of hydrogen-bond acceptors (Lipinski definition) is 6. The molecule has 0 fully saturated rings. The number of carbonyl (C=O) groups excluding carboxylic acids is 2. The van der Waals surface area contributed by atoms with Crippen molar-refractivity contribution in [2.45, 2.75) is 53.5 Å². The van der Waals surface area contributed by atoms with Gasteiger partial charge in [0.1, 0.15) is 11.4 Å². The summed E-state index contributed by atoms with van der Waals surface area (Å²) in [6.07, 6.45) is 0.862. The van der Waals surface area contributed by atoms with Crippen LogP contribution in [0, 0.1) is 5.41 Å². The van der Waals surface area contributed by atoms with E-state index in [1.807, 2.05) is 13.8 Å². The third-order valence-corrected chi connectivity index (χ3v) is 4.33. The number of aliphatic imine (C=N–C) groups is 1. The van der Waals surface area contributed by atoms with E-state index < -0.39 is 5.91 Å². The third kappa shape index (κ3) is 7.26. The summed E-state index contributed by atoms with van der Waals surface area (Å²) in [6.45, 7) is 9.95. The minimum Gasteiger partial charge on any atom is -0.397 e. The van der Waals surface area contributed by atoms with Gasteiger partial charge in [0.25, 0.3) is 5.91 Å². The third-order valence-electron chi connectivity index (χ3n) is 4.33. The fraction of sp³-hybridized carbons (Fsp3) is 0.391. The predicted octanol–water partition coefficient (Wildman–Crippen LogP) is 2.37. The molecule has 0 bridgehead atoms. The molecule has 1 aromatic heterocycles. The smallest absolute Gasteiger partial charge is 0.254 e. The normalized spacial score (nSPS) is 13.1. The molecule has 172 valence electrons. The van der Waals surface area contributed by atoms with E-state index in [2.05, 4.69) is 36.2 Å². The monoisotopic (exact) mass is 440 g/mol. The fourth-order valence-corrected chi connectivity index (χ4v) is 3.05. The second-order valence-corrected chi connectivity index (χ2v) is 9.10. The van der Waals surface area contributed by atoms with Crippen LogP contribution in [0.3, 0.4) is 0 Å². The van der Waals surface area contributed by atoms with Crippen LogP contribution in [0.15, 0.2) is 45.4 Å². The molecule has 0 spiro atoms. The Bertz CT molecular complexity index is 1030. The van der Waals surface area contributed by atoms with Crippen molar-refractivity contribution in [1.82, 2.24) is 5.16 Å². The highest BCUT2D eigenvalue weighted by Gasteiger charge is 2.18. The van der Waals surface area contributed by atoms with E-state index in [4.69, 9.17) is 21.7 Å². The largest absolute Gasteiger partial charge is 0.397 e. The van der Waals surface area contributed by atoms with Crippen molar-refractivity contribution in [3.05, 3.63) is 52.7 Å². The molecule has 0 unspecified atom stereocenters. The molecule has 2 rings (SSSR count). The van der Waals surface area contributed by atoms with Gasteiger partial charge in [-0.05, 0) is 36.8 Å². The summed E-state index contributed by atoms with van der Waals surface area (Å²) >= 11 is 0. The Balaban J connectivity index is 2.10. The van der Waals surface area contributed by atoms with Crippen molar-refractivity contribution in [1.29, 1.82) is 0 Å². The molecule has 7 N–H and O–H groups in total. The molecule has 0 aliphatic rings. The highest BCUT2D eigenvalue weighted by molar-refractivity contribution is 6.24. The van der Waals surface area contributed by atoms with Crippen LogP contribution in [-0.2, 0) is 22.4 Å². The lowest BCUT2D eigenvalue weighted by Gasteiger charge is -2.14. The van der Waals surface area contributed by atoms with Gasteiger partial charge in [-0.15, -0.1) is 0 Å². The van der Waals surface area contributed by atoms with Crippen LogP contribution < -0.4 is 22.5 Å². The second-order valence-electron chi connectivity index (χ2n) is 9.10. The quantitative estimate of drug-likeness (QED) is 0.280. The summed E-state index contributed by atoms with van der Waals surface area (Å²) in [6, 6.07) is 8.47. The zero-order chi connectivity index (χ0) is 24.1. The standard InChI is InChI=1S/C23H32N6O3/c1-13(2)27-21(25)19(22(26)31)20(24)15-8-6-14(7-9-15)10-17(30)28-18-11-16(29-32-18)12-23(3,4)5/h6-9,11,13H,10,12,24H2,1-5H3,(H2,25,27)(H2,26,31)(H,28,30)/b20-19+. The van der Waals surface area contributed by atoms with Crippen molar-refractivity contribution in [2.24, 2.45) is 27.6 Å². The van der Waals surface area contributed by atoms with E-state index in [-0.39, 0.29) is 40.9 Å². The summed E-state index contributed by atoms with van der Waals surface area (Å²) in [7, 11) is 0. The number of amidine groups is 1. The molecule has 0 saturated carbocycles. The molecule has 32 heavy (non-hydrogen) atoms. The van der Waals surface area contributed by atoms with Crippen molar-refractivity contribution in [2.75, 3.05) is 5.32 Å². The number of nitrogens with two attached hydrogens (primary N) is 3. The van der Waals surface area contributed by atoms with Crippen LogP contribution in [-0.4, -0.2) is 28.8 Å². The van der Waals surface area contributed by atoms with Gasteiger partial charge < -0.3 is 21.7 Å². The molecule has 9 nitrogen and oxygen atoms in total. The lowest BCUT2D eigenvalue weighted by Crippen LogP contribution is -2.30. The average molecular weight is 441 g/mol. The van der Waals surface area contributed by atoms with Gasteiger partial charge in [0, 0.05) is 12.1 Å². The lowest BCUT2D eigenvalue weighted by atomic mass is 9.91. The van der Waals surface area contributed by atoms with E-state index in [1.165, 1.54) is 0 Å². The number of nitrogens with one attached hydrogen (secondary N) is 1. The second kappa shape index (κ2) is 10.1. The maximum Gasteiger partial charge on any atom is 0.254 e. The SMILES string of the molecule is CC(C)N=C(N)/C(C(N)=O)=C(\N)c1ccc(CC(=O)Nc2cc(CC(C)(C)C)no2)cc1. The van der Waals surface area contributed by atoms with E-state index in [1.54, 1.807) is 30.3 Å². The van der Waals surface area contributed by atoms with Crippen LogP contribution in [0.1, 0.15) is 51.4 Å². The van der Waals surface area contributed by atoms with Gasteiger partial charge in [-0.25, -0.2) is 0 Å². The number of aromatic nitrogens is 1. The molecule has 0 aliphatic carbocycles. The molecule has 0 aliphatic heterocycles. The first-order chi connectivity index (χ1) is 14.9. The first-order valence-electron chi connectivity index (χ1n) is 10.3. The maximum atomic E-state index is 12.4. The van der Waals surface area contributed by atoms with E-state index >= 15 is 0 Å². The molecule has 1 heterocycles. The Kier molecular flexibility index (Phi) is 7.80. The van der Waals surface area contributed by atoms with E-state index in [9.17, 15) is 9.59 Å². The van der Waals surface area contributed by atoms with Gasteiger partial charge in [0.05, 0.1) is 17.8 Å². The van der Waals surface area contributed by atoms with Crippen molar-refractivity contribution in [3.63, 3.8) is 0 Å². The molecule has 0 radical (unpaired) electrons. The number of anilines is 1. The number of primary amides is 1. The Morgan fingerprint density at radius 1 is 1.12 bits per heavy atom. The van der Waals surface area contributed by atoms with Gasteiger partial charge >= 0.3 is 0 Å². The average Bonchev–Trinajstić information content (AvgIpc) is 3.05. The Morgan fingerprint density at radius 2 is 1.75 bits per heavy atom.